The molecule has 3 fully saturated rings. The summed E-state index contributed by atoms with van der Waals surface area (Å²) in [7, 11) is 1.42. The second kappa shape index (κ2) is 8.28. The maximum atomic E-state index is 14.1. The van der Waals surface area contributed by atoms with Gasteiger partial charge < -0.3 is 5.11 Å². The number of hydrogen-bond donors (Lipinski definition) is 1. The molecule has 2 heterocycles. The highest BCUT2D eigenvalue weighted by atomic mass is 35.5. The van der Waals surface area contributed by atoms with Crippen LogP contribution in [-0.2, 0) is 19.2 Å². The van der Waals surface area contributed by atoms with Crippen molar-refractivity contribution in [3.8, 4) is 5.75 Å². The molecule has 2 saturated heterocycles. The lowest BCUT2D eigenvalue weighted by molar-refractivity contribution is -0.138. The quantitative estimate of drug-likeness (QED) is 0.325. The Morgan fingerprint density at radius 1 is 0.974 bits per heavy atom. The minimum Gasteiger partial charge on any atom is -0.508 e. The molecule has 2 aromatic rings. The standard InChI is InChI=1S/C27H20Cl3FN2O5/c1-32-22(35)17-9-8-15-18(20(17)23(32)36)11-26(29)24(37)33(13-4-2-12(31)3-5-13)25(38)27(26,30)21(15)16-7-6-14(34)10-19(16)28/h2-8,10,17-18,20-21,34H,9,11H2,1H3/t17-,18+,20-,21+,26+,27-/m0/s1. The normalized spacial score (nSPS) is 34.3. The SMILES string of the molecule is CN1C(=O)[C@H]2[C@H](CC=C3[C@H]2C[C@@]2(Cl)C(=O)N(c4ccc(F)cc4)C(=O)[C@@]2(Cl)[C@H]3c2ccc(O)cc2Cl)C1=O. The number of nitrogens with zero attached hydrogens (tertiary/aromatic N) is 2. The molecule has 0 spiro atoms. The van der Waals surface area contributed by atoms with E-state index in [4.69, 9.17) is 34.8 Å². The number of amides is 4. The average Bonchev–Trinajstić information content (AvgIpc) is 3.18. The molecule has 11 heteroatoms. The Hall–Kier alpha value is -2.94. The van der Waals surface area contributed by atoms with E-state index in [0.717, 1.165) is 21.9 Å². The molecule has 0 bridgehead atoms. The molecule has 4 aliphatic rings. The number of carbonyl (C=O) groups excluding carboxylic acids is 4. The lowest BCUT2D eigenvalue weighted by Gasteiger charge is -2.50. The van der Waals surface area contributed by atoms with Crippen LogP contribution in [0.1, 0.15) is 24.3 Å². The van der Waals surface area contributed by atoms with E-state index >= 15 is 0 Å². The van der Waals surface area contributed by atoms with Crippen LogP contribution in [0.4, 0.5) is 10.1 Å². The molecular weight excluding hydrogens is 558 g/mol. The minimum absolute atomic E-state index is 0.0872. The molecule has 196 valence electrons. The number of aromatic hydroxyl groups is 1. The van der Waals surface area contributed by atoms with Crippen molar-refractivity contribution < 1.29 is 28.7 Å². The summed E-state index contributed by atoms with van der Waals surface area (Å²) in [6, 6.07) is 8.96. The van der Waals surface area contributed by atoms with Crippen molar-refractivity contribution in [3.63, 3.8) is 0 Å². The van der Waals surface area contributed by atoms with Crippen molar-refractivity contribution in [3.05, 3.63) is 70.5 Å². The van der Waals surface area contributed by atoms with E-state index in [1.54, 1.807) is 6.08 Å². The Morgan fingerprint density at radius 3 is 2.32 bits per heavy atom. The van der Waals surface area contributed by atoms with Gasteiger partial charge in [-0.3, -0.25) is 24.1 Å². The molecule has 7 nitrogen and oxygen atoms in total. The summed E-state index contributed by atoms with van der Waals surface area (Å²) in [5, 5.41) is 10.1. The Kier molecular flexibility index (Phi) is 5.52. The number of rotatable bonds is 2. The van der Waals surface area contributed by atoms with Gasteiger partial charge in [-0.2, -0.15) is 0 Å². The lowest BCUT2D eigenvalue weighted by atomic mass is 9.56. The molecule has 0 unspecified atom stereocenters. The Labute approximate surface area is 231 Å². The van der Waals surface area contributed by atoms with Crippen LogP contribution in [-0.4, -0.2) is 50.4 Å². The van der Waals surface area contributed by atoms with Gasteiger partial charge in [-0.05, 0) is 60.7 Å². The number of phenols is 1. The van der Waals surface area contributed by atoms with Gasteiger partial charge in [0, 0.05) is 18.0 Å². The zero-order valence-electron chi connectivity index (χ0n) is 19.8. The number of likely N-dealkylation sites (tertiary alicyclic amines) is 1. The van der Waals surface area contributed by atoms with Crippen LogP contribution in [0.2, 0.25) is 5.02 Å². The van der Waals surface area contributed by atoms with Crippen LogP contribution >= 0.6 is 34.8 Å². The maximum absolute atomic E-state index is 14.1. The van der Waals surface area contributed by atoms with Crippen LogP contribution in [0, 0.1) is 23.6 Å². The minimum atomic E-state index is -2.08. The molecule has 2 aliphatic carbocycles. The maximum Gasteiger partial charge on any atom is 0.258 e. The number of anilines is 1. The molecule has 6 atom stereocenters. The van der Waals surface area contributed by atoms with Gasteiger partial charge in [0.1, 0.15) is 11.6 Å². The lowest BCUT2D eigenvalue weighted by Crippen LogP contribution is -2.60. The first-order valence-electron chi connectivity index (χ1n) is 11.9. The topological polar surface area (TPSA) is 95.0 Å². The van der Waals surface area contributed by atoms with Crippen LogP contribution < -0.4 is 4.90 Å². The zero-order valence-corrected chi connectivity index (χ0v) is 22.1. The summed E-state index contributed by atoms with van der Waals surface area (Å²) in [5.74, 6) is -6.16. The van der Waals surface area contributed by atoms with Crippen LogP contribution in [0.25, 0.3) is 0 Å². The Bertz CT molecular complexity index is 1480. The van der Waals surface area contributed by atoms with Gasteiger partial charge >= 0.3 is 0 Å². The largest absolute Gasteiger partial charge is 0.508 e. The second-order valence-electron chi connectivity index (χ2n) is 10.2. The van der Waals surface area contributed by atoms with E-state index in [0.29, 0.717) is 11.1 Å². The molecule has 6 rings (SSSR count). The van der Waals surface area contributed by atoms with Crippen molar-refractivity contribution in [1.29, 1.82) is 0 Å². The fraction of sp³-hybridized carbons (Fsp3) is 0.333. The number of hydrogen-bond acceptors (Lipinski definition) is 5. The van der Waals surface area contributed by atoms with E-state index in [1.165, 1.54) is 37.4 Å². The van der Waals surface area contributed by atoms with E-state index in [9.17, 15) is 28.7 Å². The fourth-order valence-electron chi connectivity index (χ4n) is 6.65. The van der Waals surface area contributed by atoms with Crippen molar-refractivity contribution in [2.45, 2.75) is 28.5 Å². The summed E-state index contributed by atoms with van der Waals surface area (Å²) in [4.78, 5) is 52.0. The highest BCUT2D eigenvalue weighted by Gasteiger charge is 2.76. The zero-order chi connectivity index (χ0) is 27.3. The first-order chi connectivity index (χ1) is 17.9. The van der Waals surface area contributed by atoms with Crippen LogP contribution in [0.5, 0.6) is 5.75 Å². The van der Waals surface area contributed by atoms with E-state index in [2.05, 4.69) is 0 Å². The molecule has 38 heavy (non-hydrogen) atoms. The third kappa shape index (κ3) is 3.08. The summed E-state index contributed by atoms with van der Waals surface area (Å²) >= 11 is 21.0. The van der Waals surface area contributed by atoms with Crippen molar-refractivity contribution in [1.82, 2.24) is 4.90 Å². The summed E-state index contributed by atoms with van der Waals surface area (Å²) in [6.45, 7) is 0. The monoisotopic (exact) mass is 576 g/mol. The Balaban J connectivity index is 1.59. The molecule has 1 N–H and O–H groups in total. The average molecular weight is 578 g/mol. The van der Waals surface area contributed by atoms with E-state index in [-0.39, 0.29) is 41.1 Å². The van der Waals surface area contributed by atoms with Crippen LogP contribution in [0.3, 0.4) is 0 Å². The molecular formula is C27H20Cl3FN2O5. The van der Waals surface area contributed by atoms with E-state index < -0.39 is 51.1 Å². The highest BCUT2D eigenvalue weighted by Crippen LogP contribution is 2.66. The van der Waals surface area contributed by atoms with Crippen LogP contribution in [0.15, 0.2) is 54.1 Å². The number of carbonyl (C=O) groups is 4. The number of allylic oxidation sites excluding steroid dienone is 2. The summed E-state index contributed by atoms with van der Waals surface area (Å²) in [5.41, 5.74) is 1.02. The molecule has 1 saturated carbocycles. The number of alkyl halides is 2. The van der Waals surface area contributed by atoms with Gasteiger partial charge in [0.05, 0.1) is 17.5 Å². The van der Waals surface area contributed by atoms with Gasteiger partial charge in [0.15, 0.2) is 9.75 Å². The number of benzene rings is 2. The number of halogens is 4. The van der Waals surface area contributed by atoms with Crippen molar-refractivity contribution in [2.75, 3.05) is 11.9 Å². The van der Waals surface area contributed by atoms with Gasteiger partial charge in [-0.1, -0.05) is 29.3 Å². The molecule has 4 amide bonds. The van der Waals surface area contributed by atoms with Crippen molar-refractivity contribution >= 4 is 64.1 Å². The number of fused-ring (bicyclic) bond motifs is 4. The van der Waals surface area contributed by atoms with Gasteiger partial charge in [0.25, 0.3) is 11.8 Å². The highest BCUT2D eigenvalue weighted by molar-refractivity contribution is 6.58. The molecule has 2 aromatic carbocycles. The predicted octanol–water partition coefficient (Wildman–Crippen LogP) is 4.38. The first-order valence-corrected chi connectivity index (χ1v) is 13.1. The van der Waals surface area contributed by atoms with Gasteiger partial charge in [-0.25, -0.2) is 9.29 Å². The Morgan fingerprint density at radius 2 is 1.66 bits per heavy atom. The smallest absolute Gasteiger partial charge is 0.258 e. The third-order valence-electron chi connectivity index (χ3n) is 8.41. The molecule has 0 aromatic heterocycles. The van der Waals surface area contributed by atoms with E-state index in [1.807, 2.05) is 0 Å². The van der Waals surface area contributed by atoms with Crippen molar-refractivity contribution in [2.24, 2.45) is 17.8 Å². The van der Waals surface area contributed by atoms with Gasteiger partial charge in [-0.15, -0.1) is 23.2 Å². The second-order valence-corrected chi connectivity index (χ2v) is 11.8. The number of imide groups is 2. The fourth-order valence-corrected chi connectivity index (χ4v) is 7.86. The first kappa shape index (κ1) is 25.3. The molecule has 0 radical (unpaired) electrons. The summed E-state index contributed by atoms with van der Waals surface area (Å²) < 4.78 is 13.7. The summed E-state index contributed by atoms with van der Waals surface area (Å²) in [6.07, 6.45) is 1.86. The third-order valence-corrected chi connectivity index (χ3v) is 10.2. The number of phenolic OH excluding ortho intramolecular Hbond substituents is 1. The van der Waals surface area contributed by atoms with Gasteiger partial charge in [0.2, 0.25) is 11.8 Å². The predicted molar refractivity (Wildman–Crippen MR) is 137 cm³/mol. The molecule has 2 aliphatic heterocycles.